The molecule has 1 aliphatic heterocycles. The number of ketones is 1. The van der Waals surface area contributed by atoms with Gasteiger partial charge in [-0.1, -0.05) is 41.6 Å². The van der Waals surface area contributed by atoms with E-state index in [-0.39, 0.29) is 11.7 Å². The van der Waals surface area contributed by atoms with Gasteiger partial charge in [-0.15, -0.1) is 0 Å². The van der Waals surface area contributed by atoms with Gasteiger partial charge in [0.15, 0.2) is 11.5 Å². The van der Waals surface area contributed by atoms with E-state index >= 15 is 0 Å². The van der Waals surface area contributed by atoms with E-state index in [0.29, 0.717) is 41.9 Å². The van der Waals surface area contributed by atoms with Gasteiger partial charge in [0.1, 0.15) is 17.2 Å². The van der Waals surface area contributed by atoms with Crippen molar-refractivity contribution in [1.82, 2.24) is 5.16 Å². The van der Waals surface area contributed by atoms with Crippen LogP contribution in [0.4, 0.5) is 0 Å². The summed E-state index contributed by atoms with van der Waals surface area (Å²) in [5.41, 5.74) is 2.93. The first kappa shape index (κ1) is 17.4. The molecule has 2 aliphatic rings. The number of fused-ring (bicyclic) bond motifs is 1. The lowest BCUT2D eigenvalue weighted by molar-refractivity contribution is -0.116. The van der Waals surface area contributed by atoms with Crippen molar-refractivity contribution in [3.05, 3.63) is 65.4 Å². The minimum Gasteiger partial charge on any atom is -0.446 e. The smallest absolute Gasteiger partial charge is 0.205 e. The van der Waals surface area contributed by atoms with Gasteiger partial charge in [-0.3, -0.25) is 10.2 Å². The van der Waals surface area contributed by atoms with Crippen molar-refractivity contribution < 1.29 is 14.1 Å². The van der Waals surface area contributed by atoms with Gasteiger partial charge in [0.25, 0.3) is 0 Å². The Morgan fingerprint density at radius 2 is 1.97 bits per heavy atom. The van der Waals surface area contributed by atoms with Gasteiger partial charge in [-0.25, -0.2) is 0 Å². The molecule has 1 aromatic heterocycles. The van der Waals surface area contributed by atoms with Crippen LogP contribution >= 0.6 is 0 Å². The number of nitrogens with zero attached hydrogens (tertiary/aromatic N) is 2. The molecule has 1 aliphatic carbocycles. The summed E-state index contributed by atoms with van der Waals surface area (Å²) in [5, 5.41) is 22.9. The molecule has 3 aromatic rings. The van der Waals surface area contributed by atoms with Crippen LogP contribution in [0.1, 0.15) is 30.7 Å². The van der Waals surface area contributed by atoms with Crippen LogP contribution in [0.25, 0.3) is 22.2 Å². The number of nitrogens with one attached hydrogen (secondary N) is 1. The third kappa shape index (κ3) is 2.74. The summed E-state index contributed by atoms with van der Waals surface area (Å²) in [6.07, 6.45) is 1.76. The zero-order valence-electron chi connectivity index (χ0n) is 15.5. The normalized spacial score (nSPS) is 21.6. The summed E-state index contributed by atoms with van der Waals surface area (Å²) in [5.74, 6) is -0.281. The number of hydrogen-bond donors (Lipinski definition) is 1. The zero-order chi connectivity index (χ0) is 20.0. The Labute approximate surface area is 166 Å². The third-order valence-corrected chi connectivity index (χ3v) is 5.60. The van der Waals surface area contributed by atoms with E-state index < -0.39 is 11.8 Å². The molecule has 2 atom stereocenters. The van der Waals surface area contributed by atoms with Crippen molar-refractivity contribution in [2.75, 3.05) is 0 Å². The Morgan fingerprint density at radius 3 is 2.76 bits per heavy atom. The van der Waals surface area contributed by atoms with Crippen LogP contribution in [-0.2, 0) is 9.53 Å². The summed E-state index contributed by atoms with van der Waals surface area (Å²) >= 11 is 0. The highest BCUT2D eigenvalue weighted by atomic mass is 16.5. The maximum Gasteiger partial charge on any atom is 0.205 e. The molecule has 6 heteroatoms. The predicted octanol–water partition coefficient (Wildman–Crippen LogP) is 4.73. The van der Waals surface area contributed by atoms with Crippen molar-refractivity contribution in [2.45, 2.75) is 25.2 Å². The topological polar surface area (TPSA) is 100.0 Å². The van der Waals surface area contributed by atoms with Crippen molar-refractivity contribution in [2.24, 2.45) is 5.92 Å². The molecule has 2 heterocycles. The van der Waals surface area contributed by atoms with Crippen molar-refractivity contribution in [3.8, 4) is 17.4 Å². The van der Waals surface area contributed by atoms with Gasteiger partial charge in [0.05, 0.1) is 11.5 Å². The fourth-order valence-electron chi connectivity index (χ4n) is 4.24. The molecule has 0 bridgehead atoms. The lowest BCUT2D eigenvalue weighted by Crippen LogP contribution is -2.34. The molecule has 29 heavy (non-hydrogen) atoms. The molecule has 0 radical (unpaired) electrons. The number of benzene rings is 2. The first-order valence-electron chi connectivity index (χ1n) is 9.54. The number of aromatic nitrogens is 1. The molecule has 1 N–H and O–H groups in total. The van der Waals surface area contributed by atoms with Crippen LogP contribution in [0, 0.1) is 22.7 Å². The summed E-state index contributed by atoms with van der Waals surface area (Å²) in [6, 6.07) is 17.5. The highest BCUT2D eigenvalue weighted by molar-refractivity contribution is 6.02. The number of nitriles is 1. The molecule has 0 amide bonds. The molecule has 0 fully saturated rings. The van der Waals surface area contributed by atoms with Crippen LogP contribution < -0.4 is 0 Å². The number of allylic oxidation sites excluding steroid dienone is 2. The fraction of sp³-hybridized carbons (Fsp3) is 0.217. The Hall–Kier alpha value is -3.72. The number of ether oxygens (including phenoxy) is 1. The summed E-state index contributed by atoms with van der Waals surface area (Å²) in [4.78, 5) is 12.7. The average molecular weight is 383 g/mol. The monoisotopic (exact) mass is 383 g/mol. The first-order valence-corrected chi connectivity index (χ1v) is 9.54. The van der Waals surface area contributed by atoms with E-state index in [4.69, 9.17) is 14.7 Å². The quantitative estimate of drug-likeness (QED) is 0.689. The fourth-order valence-corrected chi connectivity index (χ4v) is 4.24. The van der Waals surface area contributed by atoms with Crippen molar-refractivity contribution in [3.63, 3.8) is 0 Å². The number of Topliss-reactive ketones (excluding diaryl/α,β-unsaturated/α-hetero) is 1. The maximum absolute atomic E-state index is 12.7. The van der Waals surface area contributed by atoms with E-state index in [2.05, 4.69) is 11.2 Å². The minimum atomic E-state index is -0.840. The Kier molecular flexibility index (Phi) is 4.02. The first-order chi connectivity index (χ1) is 14.2. The van der Waals surface area contributed by atoms with Crippen molar-refractivity contribution >= 4 is 22.6 Å². The number of carbonyl (C=O) groups is 1. The van der Waals surface area contributed by atoms with E-state index in [1.165, 1.54) is 0 Å². The van der Waals surface area contributed by atoms with E-state index in [0.717, 1.165) is 16.5 Å². The molecule has 6 nitrogen and oxygen atoms in total. The number of hydrogen-bond acceptors (Lipinski definition) is 6. The van der Waals surface area contributed by atoms with Crippen LogP contribution in [0.3, 0.4) is 0 Å². The van der Waals surface area contributed by atoms with E-state index in [1.807, 2.05) is 48.5 Å². The molecule has 2 aromatic carbocycles. The molecule has 0 saturated heterocycles. The standard InChI is InChI=1S/C23H17N3O3/c24-12-16-20(21-18(27)7-4-8-19(21)28-23(16)25)14-9-10-17-15(11-14)22(29-26-17)13-5-2-1-3-6-13/h1-3,5-6,9-11,16,20,25H,4,7-8H2/t16-,20+/m1/s1. The van der Waals surface area contributed by atoms with Crippen LogP contribution in [-0.4, -0.2) is 16.8 Å². The lowest BCUT2D eigenvalue weighted by Gasteiger charge is -2.34. The summed E-state index contributed by atoms with van der Waals surface area (Å²) in [7, 11) is 0. The molecular weight excluding hydrogens is 366 g/mol. The van der Waals surface area contributed by atoms with Crippen LogP contribution in [0.2, 0.25) is 0 Å². The number of carbonyl (C=O) groups excluding carboxylic acids is 1. The number of rotatable bonds is 2. The Bertz CT molecular complexity index is 1220. The molecule has 5 rings (SSSR count). The molecular formula is C23H17N3O3. The SMILES string of the molecule is N#C[C@H]1C(=N)OC2=C(C(=O)CCC2)[C@H]1c1ccc2noc(-c3ccccc3)c2c1. The van der Waals surface area contributed by atoms with Crippen molar-refractivity contribution in [1.29, 1.82) is 10.7 Å². The summed E-state index contributed by atoms with van der Waals surface area (Å²) in [6.45, 7) is 0. The third-order valence-electron chi connectivity index (χ3n) is 5.60. The minimum absolute atomic E-state index is 0.00213. The molecule has 0 unspecified atom stereocenters. The van der Waals surface area contributed by atoms with Gasteiger partial charge in [0.2, 0.25) is 5.90 Å². The van der Waals surface area contributed by atoms with Crippen LogP contribution in [0.15, 0.2) is 64.4 Å². The van der Waals surface area contributed by atoms with E-state index in [1.54, 1.807) is 0 Å². The molecule has 0 saturated carbocycles. The average Bonchev–Trinajstić information content (AvgIpc) is 3.17. The Morgan fingerprint density at radius 1 is 1.14 bits per heavy atom. The Balaban J connectivity index is 1.70. The second-order valence-electron chi connectivity index (χ2n) is 7.32. The highest BCUT2D eigenvalue weighted by Gasteiger charge is 2.42. The zero-order valence-corrected chi connectivity index (χ0v) is 15.5. The molecule has 142 valence electrons. The van der Waals surface area contributed by atoms with Gasteiger partial charge >= 0.3 is 0 Å². The van der Waals surface area contributed by atoms with Gasteiger partial charge in [0, 0.05) is 29.9 Å². The molecule has 0 spiro atoms. The largest absolute Gasteiger partial charge is 0.446 e. The maximum atomic E-state index is 12.7. The van der Waals surface area contributed by atoms with Gasteiger partial charge < -0.3 is 9.26 Å². The second-order valence-corrected chi connectivity index (χ2v) is 7.32. The highest BCUT2D eigenvalue weighted by Crippen LogP contribution is 2.44. The van der Waals surface area contributed by atoms with Gasteiger partial charge in [-0.2, -0.15) is 5.26 Å². The lowest BCUT2D eigenvalue weighted by atomic mass is 9.74. The van der Waals surface area contributed by atoms with Crippen LogP contribution in [0.5, 0.6) is 0 Å². The predicted molar refractivity (Wildman–Crippen MR) is 106 cm³/mol. The summed E-state index contributed by atoms with van der Waals surface area (Å²) < 4.78 is 11.2. The van der Waals surface area contributed by atoms with E-state index in [9.17, 15) is 10.1 Å². The van der Waals surface area contributed by atoms with Gasteiger partial charge in [-0.05, 0) is 24.1 Å². The second kappa shape index (κ2) is 6.71.